The van der Waals surface area contributed by atoms with Crippen LogP contribution in [0.5, 0.6) is 0 Å². The van der Waals surface area contributed by atoms with Gasteiger partial charge in [-0.3, -0.25) is 9.78 Å². The first kappa shape index (κ1) is 18.4. The van der Waals surface area contributed by atoms with E-state index in [0.717, 1.165) is 22.1 Å². The molecule has 4 aromatic rings. The summed E-state index contributed by atoms with van der Waals surface area (Å²) < 4.78 is 16.7. The molecule has 0 bridgehead atoms. The van der Waals surface area contributed by atoms with Gasteiger partial charge in [0.25, 0.3) is 5.56 Å². The van der Waals surface area contributed by atoms with E-state index < -0.39 is 6.17 Å². The molecule has 1 unspecified atom stereocenters. The molecule has 1 atom stereocenters. The van der Waals surface area contributed by atoms with Crippen LogP contribution in [-0.4, -0.2) is 9.55 Å². The molecule has 28 heavy (non-hydrogen) atoms. The zero-order valence-corrected chi connectivity index (χ0v) is 16.2. The molecule has 0 saturated heterocycles. The molecule has 0 spiro atoms. The molecule has 0 N–H and O–H groups in total. The highest BCUT2D eigenvalue weighted by Crippen LogP contribution is 2.32. The fraction of sp³-hybridized carbons (Fsp3) is 0.130. The smallest absolute Gasteiger partial charge is 0.251 e. The van der Waals surface area contributed by atoms with E-state index in [2.05, 4.69) is 4.98 Å². The van der Waals surface area contributed by atoms with Gasteiger partial charge in [-0.15, -0.1) is 0 Å². The van der Waals surface area contributed by atoms with Crippen molar-refractivity contribution >= 4 is 22.5 Å². The minimum atomic E-state index is -1.38. The van der Waals surface area contributed by atoms with Gasteiger partial charge < -0.3 is 4.57 Å². The minimum absolute atomic E-state index is 0.131. The molecule has 2 aromatic carbocycles. The third-order valence-electron chi connectivity index (χ3n) is 4.91. The van der Waals surface area contributed by atoms with Crippen molar-refractivity contribution in [3.05, 3.63) is 99.1 Å². The predicted octanol–water partition coefficient (Wildman–Crippen LogP) is 5.62. The van der Waals surface area contributed by atoms with Gasteiger partial charge in [0.05, 0.1) is 17.4 Å². The lowest BCUT2D eigenvalue weighted by molar-refractivity contribution is 0.394. The predicted molar refractivity (Wildman–Crippen MR) is 112 cm³/mol. The lowest BCUT2D eigenvalue weighted by Gasteiger charge is -2.14. The number of halogens is 2. The number of hydrogen-bond donors (Lipinski definition) is 0. The Morgan fingerprint density at radius 2 is 1.82 bits per heavy atom. The Hall–Kier alpha value is -2.98. The monoisotopic (exact) mass is 392 g/mol. The maximum Gasteiger partial charge on any atom is 0.251 e. The van der Waals surface area contributed by atoms with Crippen LogP contribution in [-0.2, 0) is 7.05 Å². The molecule has 4 rings (SSSR count). The number of nitrogens with zero attached hydrogens (tertiary/aromatic N) is 2. The van der Waals surface area contributed by atoms with Crippen molar-refractivity contribution in [1.82, 2.24) is 9.55 Å². The van der Waals surface area contributed by atoms with Crippen LogP contribution in [0, 0.1) is 6.92 Å². The lowest BCUT2D eigenvalue weighted by atomic mass is 9.98. The number of aryl methyl sites for hydroxylation is 2. The topological polar surface area (TPSA) is 34.9 Å². The van der Waals surface area contributed by atoms with Gasteiger partial charge in [0.1, 0.15) is 0 Å². The lowest BCUT2D eigenvalue weighted by Crippen LogP contribution is -2.17. The summed E-state index contributed by atoms with van der Waals surface area (Å²) in [6.45, 7) is 2.00. The highest BCUT2D eigenvalue weighted by atomic mass is 35.5. The maximum absolute atomic E-state index is 15.1. The highest BCUT2D eigenvalue weighted by molar-refractivity contribution is 6.30. The normalized spacial score (nSPS) is 12.3. The third-order valence-corrected chi connectivity index (χ3v) is 5.16. The Balaban J connectivity index is 1.92. The van der Waals surface area contributed by atoms with Crippen molar-refractivity contribution in [3.8, 4) is 11.1 Å². The molecule has 3 nitrogen and oxygen atoms in total. The van der Waals surface area contributed by atoms with Gasteiger partial charge in [0.2, 0.25) is 0 Å². The number of aromatic nitrogens is 2. The largest absolute Gasteiger partial charge is 0.310 e. The van der Waals surface area contributed by atoms with Crippen molar-refractivity contribution < 1.29 is 4.39 Å². The van der Waals surface area contributed by atoms with Crippen molar-refractivity contribution in [2.45, 2.75) is 13.1 Å². The van der Waals surface area contributed by atoms with Crippen molar-refractivity contribution in [3.63, 3.8) is 0 Å². The molecular formula is C23H18ClFN2O. The van der Waals surface area contributed by atoms with E-state index in [1.54, 1.807) is 49.6 Å². The summed E-state index contributed by atoms with van der Waals surface area (Å²) in [5.41, 5.74) is 4.09. The van der Waals surface area contributed by atoms with Crippen LogP contribution < -0.4 is 5.56 Å². The Labute approximate surface area is 167 Å². The van der Waals surface area contributed by atoms with Gasteiger partial charge in [-0.2, -0.15) is 0 Å². The van der Waals surface area contributed by atoms with Gasteiger partial charge in [-0.1, -0.05) is 53.6 Å². The van der Waals surface area contributed by atoms with Crippen LogP contribution in [0.25, 0.3) is 22.0 Å². The molecule has 2 heterocycles. The number of benzene rings is 2. The van der Waals surface area contributed by atoms with E-state index >= 15 is 4.39 Å². The van der Waals surface area contributed by atoms with Crippen LogP contribution in [0.4, 0.5) is 4.39 Å². The molecule has 0 aliphatic heterocycles. The van der Waals surface area contributed by atoms with Gasteiger partial charge in [0.15, 0.2) is 6.17 Å². The standard InChI is InChI=1S/C23H18ClFN2O/c1-14-4-3-5-16(10-14)18-12-22(28)27(2)21-13-26-20(11-19(18)21)23(25)15-6-8-17(24)9-7-15/h3-13,23H,1-2H3. The zero-order valence-electron chi connectivity index (χ0n) is 15.5. The van der Waals surface area contributed by atoms with Crippen LogP contribution in [0.1, 0.15) is 23.0 Å². The average Bonchev–Trinajstić information content (AvgIpc) is 2.70. The van der Waals surface area contributed by atoms with Crippen molar-refractivity contribution in [2.24, 2.45) is 7.05 Å². The first-order chi connectivity index (χ1) is 13.4. The second-order valence-corrected chi connectivity index (χ2v) is 7.30. The fourth-order valence-corrected chi connectivity index (χ4v) is 3.48. The van der Waals surface area contributed by atoms with Gasteiger partial charge in [-0.25, -0.2) is 4.39 Å². The third kappa shape index (κ3) is 3.32. The Kier molecular flexibility index (Phi) is 4.73. The number of fused-ring (bicyclic) bond motifs is 1. The van der Waals surface area contributed by atoms with Crippen LogP contribution in [0.15, 0.2) is 71.7 Å². The summed E-state index contributed by atoms with van der Waals surface area (Å²) in [7, 11) is 1.69. The van der Waals surface area contributed by atoms with Crippen molar-refractivity contribution in [2.75, 3.05) is 0 Å². The number of rotatable bonds is 3. The van der Waals surface area contributed by atoms with Gasteiger partial charge in [-0.05, 0) is 41.8 Å². The Morgan fingerprint density at radius 3 is 2.54 bits per heavy atom. The van der Waals surface area contributed by atoms with Crippen LogP contribution in [0.3, 0.4) is 0 Å². The number of pyridine rings is 2. The summed E-state index contributed by atoms with van der Waals surface area (Å²) in [6.07, 6.45) is 0.178. The summed E-state index contributed by atoms with van der Waals surface area (Å²) in [5, 5.41) is 1.34. The molecular weight excluding hydrogens is 375 g/mol. The molecule has 0 radical (unpaired) electrons. The molecule has 0 aliphatic rings. The molecule has 5 heteroatoms. The highest BCUT2D eigenvalue weighted by Gasteiger charge is 2.17. The minimum Gasteiger partial charge on any atom is -0.310 e. The number of hydrogen-bond acceptors (Lipinski definition) is 2. The molecule has 0 saturated carbocycles. The first-order valence-corrected chi connectivity index (χ1v) is 9.28. The number of alkyl halides is 1. The molecule has 2 aromatic heterocycles. The SMILES string of the molecule is Cc1cccc(-c2cc(=O)n(C)c3cnc(C(F)c4ccc(Cl)cc4)cc23)c1. The Bertz CT molecular complexity index is 1230. The summed E-state index contributed by atoms with van der Waals surface area (Å²) in [5.74, 6) is 0. The molecule has 0 fully saturated rings. The van der Waals surface area contributed by atoms with E-state index in [1.165, 1.54) is 4.57 Å². The zero-order chi connectivity index (χ0) is 19.8. The van der Waals surface area contributed by atoms with Gasteiger partial charge in [0, 0.05) is 23.5 Å². The van der Waals surface area contributed by atoms with E-state index in [0.29, 0.717) is 21.8 Å². The van der Waals surface area contributed by atoms with Crippen LogP contribution >= 0.6 is 11.6 Å². The summed E-state index contributed by atoms with van der Waals surface area (Å²) in [6, 6.07) is 17.9. The first-order valence-electron chi connectivity index (χ1n) is 8.90. The second kappa shape index (κ2) is 7.21. The second-order valence-electron chi connectivity index (χ2n) is 6.87. The Morgan fingerprint density at radius 1 is 1.07 bits per heavy atom. The van der Waals surface area contributed by atoms with Crippen LogP contribution in [0.2, 0.25) is 5.02 Å². The van der Waals surface area contributed by atoms with Crippen molar-refractivity contribution in [1.29, 1.82) is 0 Å². The molecule has 140 valence electrons. The van der Waals surface area contributed by atoms with E-state index in [9.17, 15) is 4.79 Å². The van der Waals surface area contributed by atoms with E-state index in [4.69, 9.17) is 11.6 Å². The fourth-order valence-electron chi connectivity index (χ4n) is 3.36. The summed E-state index contributed by atoms with van der Waals surface area (Å²) >= 11 is 5.90. The van der Waals surface area contributed by atoms with E-state index in [-0.39, 0.29) is 5.56 Å². The van der Waals surface area contributed by atoms with E-state index in [1.807, 2.05) is 31.2 Å². The van der Waals surface area contributed by atoms with Gasteiger partial charge >= 0.3 is 0 Å². The molecule has 0 amide bonds. The average molecular weight is 393 g/mol. The quantitative estimate of drug-likeness (QED) is 0.453. The summed E-state index contributed by atoms with van der Waals surface area (Å²) in [4.78, 5) is 16.7. The maximum atomic E-state index is 15.1. The molecule has 0 aliphatic carbocycles.